The fourth-order valence-corrected chi connectivity index (χ4v) is 0.971. The Hall–Kier alpha value is -0.810. The number of aliphatic carboxylic acids is 2. The molecule has 6 heteroatoms. The average Bonchev–Trinajstić information content (AvgIpc) is 2.16. The first-order valence-electron chi connectivity index (χ1n) is 5.64. The van der Waals surface area contributed by atoms with E-state index < -0.39 is 22.8 Å². The van der Waals surface area contributed by atoms with E-state index in [2.05, 4.69) is 0 Å². The lowest BCUT2D eigenvalue weighted by atomic mass is 9.89. The van der Waals surface area contributed by atoms with Crippen LogP contribution in [0.1, 0.15) is 40.5 Å². The fraction of sp³-hybridized carbons (Fsp3) is 0.833. The van der Waals surface area contributed by atoms with E-state index in [0.717, 1.165) is 0 Å². The first-order chi connectivity index (χ1) is 7.59. The van der Waals surface area contributed by atoms with Crippen molar-refractivity contribution < 1.29 is 24.5 Å². The van der Waals surface area contributed by atoms with Crippen LogP contribution in [0.3, 0.4) is 0 Å². The molecule has 0 bridgehead atoms. The molecule has 2 N–H and O–H groups in total. The summed E-state index contributed by atoms with van der Waals surface area (Å²) < 4.78 is 5.28. The molecule has 0 aromatic rings. The van der Waals surface area contributed by atoms with Crippen LogP contribution < -0.4 is 0 Å². The number of halogens is 1. The number of rotatable bonds is 8. The largest absolute Gasteiger partial charge is 0.481 e. The Kier molecular flexibility index (Phi) is 8.23. The predicted molar refractivity (Wildman–Crippen MR) is 70.1 cm³/mol. The van der Waals surface area contributed by atoms with Gasteiger partial charge in [-0.25, -0.2) is 0 Å². The molecule has 0 unspecified atom stereocenters. The van der Waals surface area contributed by atoms with Crippen LogP contribution >= 0.6 is 12.4 Å². The highest BCUT2D eigenvalue weighted by atomic mass is 35.5. The van der Waals surface area contributed by atoms with Gasteiger partial charge in [0.05, 0.1) is 10.8 Å². The molecule has 18 heavy (non-hydrogen) atoms. The monoisotopic (exact) mass is 282 g/mol. The second-order valence-corrected chi connectivity index (χ2v) is 5.49. The molecule has 0 saturated heterocycles. The third-order valence-corrected chi connectivity index (χ3v) is 2.90. The molecule has 0 fully saturated rings. The van der Waals surface area contributed by atoms with Crippen LogP contribution in [0.2, 0.25) is 0 Å². The highest BCUT2D eigenvalue weighted by Crippen LogP contribution is 2.22. The number of carboxylic acid groups (broad SMARTS) is 2. The molecule has 0 aromatic heterocycles. The molecule has 108 valence electrons. The van der Waals surface area contributed by atoms with Crippen molar-refractivity contribution in [3.05, 3.63) is 0 Å². The van der Waals surface area contributed by atoms with Crippen molar-refractivity contribution in [1.29, 1.82) is 0 Å². The van der Waals surface area contributed by atoms with E-state index in [1.165, 1.54) is 0 Å². The third-order valence-electron chi connectivity index (χ3n) is 2.90. The summed E-state index contributed by atoms with van der Waals surface area (Å²) in [6, 6.07) is 0. The molecular formula is C12H23ClO5. The van der Waals surface area contributed by atoms with Crippen LogP contribution in [0.15, 0.2) is 0 Å². The Bertz CT molecular complexity index is 258. The van der Waals surface area contributed by atoms with Crippen LogP contribution in [0.25, 0.3) is 0 Å². The molecule has 0 aromatic carbocycles. The van der Waals surface area contributed by atoms with Gasteiger partial charge in [-0.2, -0.15) is 0 Å². The lowest BCUT2D eigenvalue weighted by Crippen LogP contribution is -2.27. The number of carbonyl (C=O) groups is 2. The molecule has 0 aliphatic heterocycles. The Balaban J connectivity index is 0. The van der Waals surface area contributed by atoms with E-state index in [1.807, 2.05) is 0 Å². The van der Waals surface area contributed by atoms with Gasteiger partial charge in [-0.3, -0.25) is 9.59 Å². The quantitative estimate of drug-likeness (QED) is 0.668. The van der Waals surface area contributed by atoms with Gasteiger partial charge in [-0.1, -0.05) is 0 Å². The summed E-state index contributed by atoms with van der Waals surface area (Å²) in [5.74, 6) is -1.71. The predicted octanol–water partition coefficient (Wildman–Crippen LogP) is 2.43. The molecule has 0 atom stereocenters. The van der Waals surface area contributed by atoms with E-state index in [0.29, 0.717) is 26.1 Å². The fourth-order valence-electron chi connectivity index (χ4n) is 0.971. The number of hydrogen-bond donors (Lipinski definition) is 2. The molecule has 0 aliphatic carbocycles. The van der Waals surface area contributed by atoms with Crippen LogP contribution in [-0.2, 0) is 14.3 Å². The number of hydrogen-bond acceptors (Lipinski definition) is 3. The molecule has 0 heterocycles. The Labute approximate surface area is 114 Å². The lowest BCUT2D eigenvalue weighted by Gasteiger charge is -2.21. The van der Waals surface area contributed by atoms with E-state index in [-0.39, 0.29) is 12.4 Å². The molecule has 0 amide bonds. The van der Waals surface area contributed by atoms with Gasteiger partial charge in [0.2, 0.25) is 0 Å². The third kappa shape index (κ3) is 6.81. The minimum atomic E-state index is -0.855. The van der Waals surface area contributed by atoms with Gasteiger partial charge in [0, 0.05) is 13.2 Å². The minimum Gasteiger partial charge on any atom is -0.481 e. The Morgan fingerprint density at radius 3 is 1.39 bits per heavy atom. The Morgan fingerprint density at radius 1 is 0.889 bits per heavy atom. The maximum Gasteiger partial charge on any atom is 0.309 e. The summed E-state index contributed by atoms with van der Waals surface area (Å²) in [7, 11) is 0. The van der Waals surface area contributed by atoms with Gasteiger partial charge < -0.3 is 14.9 Å². The first kappa shape index (κ1) is 19.5. The highest BCUT2D eigenvalue weighted by molar-refractivity contribution is 5.85. The summed E-state index contributed by atoms with van der Waals surface area (Å²) in [4.78, 5) is 21.6. The van der Waals surface area contributed by atoms with Gasteiger partial charge in [0.1, 0.15) is 0 Å². The van der Waals surface area contributed by atoms with Crippen molar-refractivity contribution in [2.24, 2.45) is 10.8 Å². The molecule has 5 nitrogen and oxygen atoms in total. The summed E-state index contributed by atoms with van der Waals surface area (Å²) in [6.07, 6.45) is 0.825. The zero-order valence-electron chi connectivity index (χ0n) is 11.4. The number of carboxylic acids is 2. The average molecular weight is 283 g/mol. The summed E-state index contributed by atoms with van der Waals surface area (Å²) >= 11 is 0. The minimum absolute atomic E-state index is 0. The van der Waals surface area contributed by atoms with Crippen molar-refractivity contribution in [1.82, 2.24) is 0 Å². The van der Waals surface area contributed by atoms with Gasteiger partial charge in [0.15, 0.2) is 0 Å². The Morgan fingerprint density at radius 2 is 1.17 bits per heavy atom. The molecule has 0 saturated carbocycles. The normalized spacial score (nSPS) is 11.8. The molecule has 0 spiro atoms. The van der Waals surface area contributed by atoms with E-state index in [9.17, 15) is 9.59 Å². The standard InChI is InChI=1S/C12H22O5.ClH/c1-11(2,9(13)14)5-7-17-8-6-12(3,4)10(15)16;/h5-8H2,1-4H3,(H,13,14)(H,15,16);1H. The zero-order chi connectivity index (χ0) is 13.7. The van der Waals surface area contributed by atoms with Gasteiger partial charge in [0.25, 0.3) is 0 Å². The maximum absolute atomic E-state index is 10.8. The van der Waals surface area contributed by atoms with Crippen LogP contribution in [-0.4, -0.2) is 35.4 Å². The lowest BCUT2D eigenvalue weighted by molar-refractivity contribution is -0.148. The maximum atomic E-state index is 10.8. The van der Waals surface area contributed by atoms with Crippen molar-refractivity contribution in [3.63, 3.8) is 0 Å². The second-order valence-electron chi connectivity index (χ2n) is 5.49. The second kappa shape index (κ2) is 7.59. The highest BCUT2D eigenvalue weighted by Gasteiger charge is 2.28. The van der Waals surface area contributed by atoms with Crippen LogP contribution in [0, 0.1) is 10.8 Å². The SMILES string of the molecule is CC(C)(CCOCCC(C)(C)C(=O)O)C(=O)O.Cl. The topological polar surface area (TPSA) is 83.8 Å². The summed E-state index contributed by atoms with van der Waals surface area (Å²) in [5, 5.41) is 17.7. The van der Waals surface area contributed by atoms with E-state index >= 15 is 0 Å². The zero-order valence-corrected chi connectivity index (χ0v) is 12.2. The summed E-state index contributed by atoms with van der Waals surface area (Å²) in [5.41, 5.74) is -1.61. The van der Waals surface area contributed by atoms with Gasteiger partial charge >= 0.3 is 11.9 Å². The number of ether oxygens (including phenoxy) is 1. The van der Waals surface area contributed by atoms with Crippen molar-refractivity contribution >= 4 is 24.3 Å². The van der Waals surface area contributed by atoms with Crippen molar-refractivity contribution in [3.8, 4) is 0 Å². The van der Waals surface area contributed by atoms with Crippen molar-refractivity contribution in [2.75, 3.05) is 13.2 Å². The van der Waals surface area contributed by atoms with Crippen molar-refractivity contribution in [2.45, 2.75) is 40.5 Å². The molecule has 0 aliphatic rings. The van der Waals surface area contributed by atoms with Crippen LogP contribution in [0.4, 0.5) is 0 Å². The molecule has 0 rings (SSSR count). The van der Waals surface area contributed by atoms with Crippen LogP contribution in [0.5, 0.6) is 0 Å². The summed E-state index contributed by atoms with van der Waals surface area (Å²) in [6.45, 7) is 7.21. The first-order valence-corrected chi connectivity index (χ1v) is 5.64. The smallest absolute Gasteiger partial charge is 0.309 e. The van der Waals surface area contributed by atoms with Gasteiger partial charge in [-0.15, -0.1) is 12.4 Å². The molecular weight excluding hydrogens is 260 g/mol. The van der Waals surface area contributed by atoms with E-state index in [4.69, 9.17) is 14.9 Å². The molecule has 0 radical (unpaired) electrons. The van der Waals surface area contributed by atoms with Gasteiger partial charge in [-0.05, 0) is 40.5 Å². The van der Waals surface area contributed by atoms with E-state index in [1.54, 1.807) is 27.7 Å².